The number of para-hydroxylation sites is 1. The molecule has 1 N–H and O–H groups in total. The number of aliphatic hydroxyl groups excluding tert-OH is 1. The molecule has 4 heteroatoms. The van der Waals surface area contributed by atoms with Gasteiger partial charge in [-0.05, 0) is 39.7 Å². The van der Waals surface area contributed by atoms with Crippen molar-refractivity contribution >= 4 is 16.8 Å². The smallest absolute Gasteiger partial charge is 0.256 e. The Hall–Kier alpha value is -1.81. The van der Waals surface area contributed by atoms with Gasteiger partial charge in [-0.1, -0.05) is 18.2 Å². The second kappa shape index (κ2) is 5.43. The third-order valence-electron chi connectivity index (χ3n) is 4.42. The van der Waals surface area contributed by atoms with Crippen LogP contribution in [0.25, 0.3) is 10.9 Å². The van der Waals surface area contributed by atoms with Gasteiger partial charge < -0.3 is 14.6 Å². The Kier molecular flexibility index (Phi) is 3.73. The van der Waals surface area contributed by atoms with Crippen LogP contribution in [0.15, 0.2) is 30.5 Å². The number of likely N-dealkylation sites (tertiary alicyclic amines) is 1. The van der Waals surface area contributed by atoms with Crippen LogP contribution in [-0.2, 0) is 5.54 Å². The summed E-state index contributed by atoms with van der Waals surface area (Å²) in [6.45, 7) is 7.70. The van der Waals surface area contributed by atoms with Crippen molar-refractivity contribution in [1.29, 1.82) is 0 Å². The lowest BCUT2D eigenvalue weighted by Crippen LogP contribution is -2.40. The summed E-state index contributed by atoms with van der Waals surface area (Å²) in [5.41, 5.74) is 1.79. The highest BCUT2D eigenvalue weighted by Gasteiger charge is 2.26. The molecule has 0 atom stereocenters. The van der Waals surface area contributed by atoms with Crippen LogP contribution in [-0.4, -0.2) is 39.7 Å². The lowest BCUT2D eigenvalue weighted by Gasteiger charge is -2.29. The summed E-state index contributed by atoms with van der Waals surface area (Å²) in [5.74, 6) is 0.0751. The Morgan fingerprint density at radius 3 is 2.45 bits per heavy atom. The molecule has 4 nitrogen and oxygen atoms in total. The first-order valence-corrected chi connectivity index (χ1v) is 7.96. The maximum Gasteiger partial charge on any atom is 0.256 e. The summed E-state index contributed by atoms with van der Waals surface area (Å²) in [5, 5.41) is 10.6. The van der Waals surface area contributed by atoms with E-state index in [0.717, 1.165) is 16.5 Å². The summed E-state index contributed by atoms with van der Waals surface area (Å²) >= 11 is 0. The molecular weight excluding hydrogens is 276 g/mol. The largest absolute Gasteiger partial charge is 0.393 e. The molecule has 0 bridgehead atoms. The minimum Gasteiger partial charge on any atom is -0.393 e. The molecule has 0 aliphatic carbocycles. The maximum atomic E-state index is 12.9. The van der Waals surface area contributed by atoms with Crippen LogP contribution in [0.4, 0.5) is 0 Å². The number of hydrogen-bond donors (Lipinski definition) is 1. The summed E-state index contributed by atoms with van der Waals surface area (Å²) < 4.78 is 2.17. The van der Waals surface area contributed by atoms with Gasteiger partial charge in [0.05, 0.1) is 11.7 Å². The Balaban J connectivity index is 2.02. The predicted octanol–water partition coefficient (Wildman–Crippen LogP) is 2.99. The number of benzene rings is 1. The summed E-state index contributed by atoms with van der Waals surface area (Å²) in [6, 6.07) is 8.07. The molecule has 1 aromatic heterocycles. The molecule has 2 aromatic rings. The third kappa shape index (κ3) is 2.63. The molecule has 0 saturated carbocycles. The standard InChI is InChI=1S/C18H24N2O2/c1-18(2,3)20-12-15(14-6-4-5-7-16(14)20)17(22)19-10-8-13(21)9-11-19/h4-7,12-13,21H,8-11H2,1-3H3. The van der Waals surface area contributed by atoms with Crippen molar-refractivity contribution in [1.82, 2.24) is 9.47 Å². The van der Waals surface area contributed by atoms with Crippen LogP contribution in [0, 0.1) is 0 Å². The second-order valence-corrected chi connectivity index (χ2v) is 7.12. The second-order valence-electron chi connectivity index (χ2n) is 7.12. The molecule has 0 spiro atoms. The highest BCUT2D eigenvalue weighted by molar-refractivity contribution is 6.07. The van der Waals surface area contributed by atoms with Gasteiger partial charge in [-0.25, -0.2) is 0 Å². The predicted molar refractivity (Wildman–Crippen MR) is 88.1 cm³/mol. The fraction of sp³-hybridized carbons (Fsp3) is 0.500. The highest BCUT2D eigenvalue weighted by Crippen LogP contribution is 2.29. The van der Waals surface area contributed by atoms with E-state index >= 15 is 0 Å². The Morgan fingerprint density at radius 2 is 1.82 bits per heavy atom. The Bertz CT molecular complexity index is 689. The Morgan fingerprint density at radius 1 is 1.18 bits per heavy atom. The summed E-state index contributed by atoms with van der Waals surface area (Å²) in [6.07, 6.45) is 3.06. The van der Waals surface area contributed by atoms with E-state index in [1.807, 2.05) is 29.3 Å². The van der Waals surface area contributed by atoms with Crippen molar-refractivity contribution in [3.8, 4) is 0 Å². The molecule has 1 amide bonds. The molecule has 0 radical (unpaired) electrons. The van der Waals surface area contributed by atoms with Gasteiger partial charge in [0.2, 0.25) is 0 Å². The lowest BCUT2D eigenvalue weighted by molar-refractivity contribution is 0.0548. The fourth-order valence-corrected chi connectivity index (χ4v) is 3.14. The number of fused-ring (bicyclic) bond motifs is 1. The molecule has 1 fully saturated rings. The zero-order chi connectivity index (χ0) is 15.9. The van der Waals surface area contributed by atoms with Crippen molar-refractivity contribution < 1.29 is 9.90 Å². The summed E-state index contributed by atoms with van der Waals surface area (Å²) in [7, 11) is 0. The van der Waals surface area contributed by atoms with Crippen molar-refractivity contribution in [3.05, 3.63) is 36.0 Å². The number of aliphatic hydroxyl groups is 1. The van der Waals surface area contributed by atoms with E-state index in [-0.39, 0.29) is 17.6 Å². The molecule has 1 aromatic carbocycles. The number of nitrogens with zero attached hydrogens (tertiary/aromatic N) is 2. The molecular formula is C18H24N2O2. The molecule has 0 unspecified atom stereocenters. The number of rotatable bonds is 1. The average Bonchev–Trinajstić information content (AvgIpc) is 2.87. The molecule has 2 heterocycles. The molecule has 1 saturated heterocycles. The van der Waals surface area contributed by atoms with Gasteiger partial charge >= 0.3 is 0 Å². The summed E-state index contributed by atoms with van der Waals surface area (Å²) in [4.78, 5) is 14.8. The third-order valence-corrected chi connectivity index (χ3v) is 4.42. The van der Waals surface area contributed by atoms with E-state index in [1.54, 1.807) is 0 Å². The minimum atomic E-state index is -0.264. The normalized spacial score (nSPS) is 17.2. The van der Waals surface area contributed by atoms with Crippen LogP contribution in [0.1, 0.15) is 44.0 Å². The molecule has 1 aliphatic heterocycles. The van der Waals surface area contributed by atoms with E-state index in [0.29, 0.717) is 25.9 Å². The number of aromatic nitrogens is 1. The van der Waals surface area contributed by atoms with Gasteiger partial charge in [0.15, 0.2) is 0 Å². The number of piperidine rings is 1. The van der Waals surface area contributed by atoms with E-state index in [4.69, 9.17) is 0 Å². The van der Waals surface area contributed by atoms with E-state index < -0.39 is 0 Å². The van der Waals surface area contributed by atoms with Gasteiger partial charge in [0, 0.05) is 35.7 Å². The number of carbonyl (C=O) groups is 1. The van der Waals surface area contributed by atoms with E-state index in [1.165, 1.54) is 0 Å². The topological polar surface area (TPSA) is 45.5 Å². The van der Waals surface area contributed by atoms with Gasteiger partial charge in [0.25, 0.3) is 5.91 Å². The van der Waals surface area contributed by atoms with Gasteiger partial charge in [-0.2, -0.15) is 0 Å². The zero-order valence-electron chi connectivity index (χ0n) is 13.5. The first-order valence-electron chi connectivity index (χ1n) is 7.96. The van der Waals surface area contributed by atoms with Crippen LogP contribution >= 0.6 is 0 Å². The maximum absolute atomic E-state index is 12.9. The molecule has 3 rings (SSSR count). The monoisotopic (exact) mass is 300 g/mol. The molecule has 22 heavy (non-hydrogen) atoms. The quantitative estimate of drug-likeness (QED) is 0.880. The molecule has 118 valence electrons. The van der Waals surface area contributed by atoms with Crippen LogP contribution in [0.5, 0.6) is 0 Å². The van der Waals surface area contributed by atoms with Gasteiger partial charge in [0.1, 0.15) is 0 Å². The number of carbonyl (C=O) groups excluding carboxylic acids is 1. The first kappa shape index (κ1) is 15.1. The van der Waals surface area contributed by atoms with Crippen LogP contribution in [0.2, 0.25) is 0 Å². The van der Waals surface area contributed by atoms with Crippen molar-refractivity contribution in [2.45, 2.75) is 45.3 Å². The van der Waals surface area contributed by atoms with Gasteiger partial charge in [-0.3, -0.25) is 4.79 Å². The first-order chi connectivity index (χ1) is 10.4. The minimum absolute atomic E-state index is 0.0732. The highest BCUT2D eigenvalue weighted by atomic mass is 16.3. The van der Waals surface area contributed by atoms with Crippen molar-refractivity contribution in [2.24, 2.45) is 0 Å². The zero-order valence-corrected chi connectivity index (χ0v) is 13.5. The fourth-order valence-electron chi connectivity index (χ4n) is 3.14. The van der Waals surface area contributed by atoms with E-state index in [2.05, 4.69) is 31.4 Å². The van der Waals surface area contributed by atoms with E-state index in [9.17, 15) is 9.90 Å². The number of amides is 1. The lowest BCUT2D eigenvalue weighted by atomic mass is 10.1. The van der Waals surface area contributed by atoms with Crippen LogP contribution < -0.4 is 0 Å². The SMILES string of the molecule is CC(C)(C)n1cc(C(=O)N2CCC(O)CC2)c2ccccc21. The van der Waals surface area contributed by atoms with Gasteiger partial charge in [-0.15, -0.1) is 0 Å². The van der Waals surface area contributed by atoms with Crippen LogP contribution in [0.3, 0.4) is 0 Å². The van der Waals surface area contributed by atoms with Crippen molar-refractivity contribution in [3.63, 3.8) is 0 Å². The average molecular weight is 300 g/mol. The Labute approximate surface area is 131 Å². The van der Waals surface area contributed by atoms with Crippen molar-refractivity contribution in [2.75, 3.05) is 13.1 Å². The number of hydrogen-bond acceptors (Lipinski definition) is 2. The molecule has 1 aliphatic rings.